The molecule has 1 unspecified atom stereocenters. The van der Waals surface area contributed by atoms with E-state index in [1.807, 2.05) is 23.1 Å². The number of nitrogens with zero attached hydrogens (tertiary/aromatic N) is 1. The molecule has 0 saturated carbocycles. The minimum Gasteiger partial charge on any atom is -0.338 e. The van der Waals surface area contributed by atoms with Crippen molar-refractivity contribution in [3.8, 4) is 0 Å². The molecule has 1 aliphatic heterocycles. The quantitative estimate of drug-likeness (QED) is 0.762. The molecular weight excluding hydrogens is 198 g/mol. The summed E-state index contributed by atoms with van der Waals surface area (Å²) in [6, 6.07) is 7.97. The van der Waals surface area contributed by atoms with Gasteiger partial charge in [0.1, 0.15) is 0 Å². The summed E-state index contributed by atoms with van der Waals surface area (Å²) in [5.74, 6) is 0.802. The Morgan fingerprint density at radius 1 is 1.38 bits per heavy atom. The zero-order valence-corrected chi connectivity index (χ0v) is 10.1. The number of carbonyl (C=O) groups is 1. The van der Waals surface area contributed by atoms with Gasteiger partial charge in [-0.25, -0.2) is 0 Å². The third kappa shape index (κ3) is 2.11. The van der Waals surface area contributed by atoms with E-state index in [0.29, 0.717) is 5.92 Å². The molecule has 1 aliphatic rings. The zero-order chi connectivity index (χ0) is 11.5. The van der Waals surface area contributed by atoms with Gasteiger partial charge in [0.25, 0.3) is 5.91 Å². The highest BCUT2D eigenvalue weighted by Crippen LogP contribution is 2.19. The molecule has 0 radical (unpaired) electrons. The summed E-state index contributed by atoms with van der Waals surface area (Å²) >= 11 is 0. The van der Waals surface area contributed by atoms with Crippen molar-refractivity contribution < 1.29 is 4.79 Å². The molecule has 1 heterocycles. The van der Waals surface area contributed by atoms with E-state index in [2.05, 4.69) is 19.9 Å². The summed E-state index contributed by atoms with van der Waals surface area (Å²) in [4.78, 5) is 14.2. The van der Waals surface area contributed by atoms with Crippen LogP contribution in [0.25, 0.3) is 0 Å². The summed E-state index contributed by atoms with van der Waals surface area (Å²) in [7, 11) is 0. The number of benzene rings is 1. The van der Waals surface area contributed by atoms with Gasteiger partial charge in [0.15, 0.2) is 0 Å². The average molecular weight is 217 g/mol. The molecule has 1 atom stereocenters. The van der Waals surface area contributed by atoms with Crippen molar-refractivity contribution in [3.63, 3.8) is 0 Å². The molecule has 0 saturated heterocycles. The molecule has 1 aromatic carbocycles. The van der Waals surface area contributed by atoms with Crippen LogP contribution >= 0.6 is 0 Å². The number of hydrogen-bond acceptors (Lipinski definition) is 1. The van der Waals surface area contributed by atoms with Crippen molar-refractivity contribution in [1.29, 1.82) is 0 Å². The lowest BCUT2D eigenvalue weighted by Crippen LogP contribution is -2.40. The first-order valence-corrected chi connectivity index (χ1v) is 6.09. The summed E-state index contributed by atoms with van der Waals surface area (Å²) in [6.07, 6.45) is 2.13. The highest BCUT2D eigenvalue weighted by Gasteiger charge is 2.24. The first kappa shape index (κ1) is 11.2. The van der Waals surface area contributed by atoms with Gasteiger partial charge >= 0.3 is 0 Å². The molecule has 0 N–H and O–H groups in total. The van der Waals surface area contributed by atoms with Gasteiger partial charge < -0.3 is 4.90 Å². The Kier molecular flexibility index (Phi) is 3.28. The molecule has 0 fully saturated rings. The Labute approximate surface area is 97.3 Å². The van der Waals surface area contributed by atoms with Gasteiger partial charge in [-0.3, -0.25) is 4.79 Å². The first-order chi connectivity index (χ1) is 7.72. The minimum absolute atomic E-state index is 0.210. The lowest BCUT2D eigenvalue weighted by molar-refractivity contribution is 0.0714. The van der Waals surface area contributed by atoms with Gasteiger partial charge in [0.05, 0.1) is 0 Å². The van der Waals surface area contributed by atoms with Crippen LogP contribution in [0.5, 0.6) is 0 Å². The van der Waals surface area contributed by atoms with Gasteiger partial charge in [0.2, 0.25) is 0 Å². The van der Waals surface area contributed by atoms with Crippen LogP contribution in [0, 0.1) is 5.92 Å². The largest absolute Gasteiger partial charge is 0.338 e. The topological polar surface area (TPSA) is 20.3 Å². The fourth-order valence-electron chi connectivity index (χ4n) is 2.15. The maximum atomic E-state index is 12.2. The van der Waals surface area contributed by atoms with E-state index in [1.165, 1.54) is 5.56 Å². The predicted molar refractivity (Wildman–Crippen MR) is 65.5 cm³/mol. The van der Waals surface area contributed by atoms with Crippen molar-refractivity contribution >= 4 is 5.91 Å². The van der Waals surface area contributed by atoms with Crippen LogP contribution in [-0.4, -0.2) is 23.9 Å². The standard InChI is InChI=1S/C14H19NO/c1-3-11(2)10-15-9-8-12-6-4-5-7-13(12)14(15)16/h4-7,11H,3,8-10H2,1-2H3. The second-order valence-electron chi connectivity index (χ2n) is 4.67. The van der Waals surface area contributed by atoms with Crippen LogP contribution in [0.15, 0.2) is 24.3 Å². The molecular formula is C14H19NO. The maximum absolute atomic E-state index is 12.2. The normalized spacial score (nSPS) is 17.1. The summed E-state index contributed by atoms with van der Waals surface area (Å²) in [5.41, 5.74) is 2.10. The molecule has 0 aliphatic carbocycles. The molecule has 0 aromatic heterocycles. The molecule has 1 aromatic rings. The molecule has 2 heteroatoms. The lowest BCUT2D eigenvalue weighted by atomic mass is 9.98. The number of rotatable bonds is 3. The van der Waals surface area contributed by atoms with E-state index in [9.17, 15) is 4.79 Å². The summed E-state index contributed by atoms with van der Waals surface area (Å²) < 4.78 is 0. The van der Waals surface area contributed by atoms with E-state index < -0.39 is 0 Å². The van der Waals surface area contributed by atoms with Crippen LogP contribution in [0.1, 0.15) is 36.2 Å². The third-order valence-corrected chi connectivity index (χ3v) is 3.42. The van der Waals surface area contributed by atoms with E-state index >= 15 is 0 Å². The van der Waals surface area contributed by atoms with Crippen LogP contribution in [0.4, 0.5) is 0 Å². The Balaban J connectivity index is 2.15. The van der Waals surface area contributed by atoms with Crippen molar-refractivity contribution in [2.24, 2.45) is 5.92 Å². The second-order valence-corrected chi connectivity index (χ2v) is 4.67. The molecule has 1 amide bonds. The van der Waals surface area contributed by atoms with Crippen LogP contribution < -0.4 is 0 Å². The molecule has 2 rings (SSSR count). The van der Waals surface area contributed by atoms with Crippen LogP contribution in [-0.2, 0) is 6.42 Å². The highest BCUT2D eigenvalue weighted by atomic mass is 16.2. The second kappa shape index (κ2) is 4.69. The minimum atomic E-state index is 0.210. The van der Waals surface area contributed by atoms with Crippen LogP contribution in [0.2, 0.25) is 0 Å². The van der Waals surface area contributed by atoms with Crippen molar-refractivity contribution in [2.75, 3.05) is 13.1 Å². The molecule has 0 spiro atoms. The van der Waals surface area contributed by atoms with Gasteiger partial charge in [-0.2, -0.15) is 0 Å². The number of hydrogen-bond donors (Lipinski definition) is 0. The number of carbonyl (C=O) groups excluding carboxylic acids is 1. The smallest absolute Gasteiger partial charge is 0.254 e. The lowest BCUT2D eigenvalue weighted by Gasteiger charge is -2.30. The Bertz CT molecular complexity index is 386. The van der Waals surface area contributed by atoms with Crippen molar-refractivity contribution in [3.05, 3.63) is 35.4 Å². The van der Waals surface area contributed by atoms with E-state index in [0.717, 1.165) is 31.5 Å². The van der Waals surface area contributed by atoms with Gasteiger partial charge in [-0.05, 0) is 24.0 Å². The molecule has 16 heavy (non-hydrogen) atoms. The van der Waals surface area contributed by atoms with Gasteiger partial charge in [-0.1, -0.05) is 38.5 Å². The average Bonchev–Trinajstić information content (AvgIpc) is 2.33. The summed E-state index contributed by atoms with van der Waals surface area (Å²) in [6.45, 7) is 6.14. The van der Waals surface area contributed by atoms with Crippen LogP contribution in [0.3, 0.4) is 0 Å². The monoisotopic (exact) mass is 217 g/mol. The SMILES string of the molecule is CCC(C)CN1CCc2ccccc2C1=O. The third-order valence-electron chi connectivity index (χ3n) is 3.42. The highest BCUT2D eigenvalue weighted by molar-refractivity contribution is 5.96. The Hall–Kier alpha value is -1.31. The number of amides is 1. The Morgan fingerprint density at radius 2 is 2.12 bits per heavy atom. The predicted octanol–water partition coefficient (Wildman–Crippen LogP) is 2.73. The first-order valence-electron chi connectivity index (χ1n) is 6.09. The Morgan fingerprint density at radius 3 is 2.88 bits per heavy atom. The fourth-order valence-corrected chi connectivity index (χ4v) is 2.15. The maximum Gasteiger partial charge on any atom is 0.254 e. The summed E-state index contributed by atoms with van der Waals surface area (Å²) in [5, 5.41) is 0. The van der Waals surface area contributed by atoms with Gasteiger partial charge in [-0.15, -0.1) is 0 Å². The van der Waals surface area contributed by atoms with Gasteiger partial charge in [0, 0.05) is 18.7 Å². The molecule has 0 bridgehead atoms. The van der Waals surface area contributed by atoms with Crippen molar-refractivity contribution in [1.82, 2.24) is 4.90 Å². The van der Waals surface area contributed by atoms with E-state index in [4.69, 9.17) is 0 Å². The van der Waals surface area contributed by atoms with Crippen molar-refractivity contribution in [2.45, 2.75) is 26.7 Å². The van der Waals surface area contributed by atoms with E-state index in [1.54, 1.807) is 0 Å². The van der Waals surface area contributed by atoms with E-state index in [-0.39, 0.29) is 5.91 Å². The fraction of sp³-hybridized carbons (Fsp3) is 0.500. The zero-order valence-electron chi connectivity index (χ0n) is 10.1. The molecule has 86 valence electrons. The number of fused-ring (bicyclic) bond motifs is 1. The molecule has 2 nitrogen and oxygen atoms in total.